The number of carboxylic acids is 1. The number of carboxylic acid groups (broad SMARTS) is 1. The van der Waals surface area contributed by atoms with Crippen molar-refractivity contribution in [3.05, 3.63) is 121 Å². The fourth-order valence-electron chi connectivity index (χ4n) is 7.48. The number of fused-ring (bicyclic) bond motifs is 8. The molecule has 1 aliphatic carbocycles. The Morgan fingerprint density at radius 1 is 0.907 bits per heavy atom. The number of rotatable bonds is 9. The van der Waals surface area contributed by atoms with Crippen LogP contribution in [0.3, 0.4) is 0 Å². The maximum Gasteiger partial charge on any atom is 0.334 e. The number of carbonyl (C=O) groups excluding carboxylic acids is 3. The molecule has 5 N–H and O–H groups in total. The zero-order chi connectivity index (χ0) is 39.6. The van der Waals surface area contributed by atoms with Gasteiger partial charge in [-0.3, -0.25) is 19.4 Å². The van der Waals surface area contributed by atoms with Gasteiger partial charge in [0.05, 0.1) is 43.7 Å². The summed E-state index contributed by atoms with van der Waals surface area (Å²) in [6.45, 7) is 15.9. The molecule has 54 heavy (non-hydrogen) atoms. The number of nitrogens with zero attached hydrogens (tertiary/aromatic N) is 1. The summed E-state index contributed by atoms with van der Waals surface area (Å²) < 4.78 is 15.4. The van der Waals surface area contributed by atoms with Gasteiger partial charge in [0, 0.05) is 46.2 Å². The van der Waals surface area contributed by atoms with E-state index in [1.165, 1.54) is 21.3 Å². The van der Waals surface area contributed by atoms with Crippen molar-refractivity contribution in [2.45, 2.75) is 53.4 Å². The second kappa shape index (κ2) is 15.4. The van der Waals surface area contributed by atoms with Crippen LogP contribution in [-0.2, 0) is 46.2 Å². The molecule has 6 bridgehead atoms. The van der Waals surface area contributed by atoms with Gasteiger partial charge in [0.2, 0.25) is 0 Å². The highest BCUT2D eigenvalue weighted by molar-refractivity contribution is 6.20. The van der Waals surface area contributed by atoms with Crippen molar-refractivity contribution in [2.75, 3.05) is 21.3 Å². The lowest BCUT2D eigenvalue weighted by atomic mass is 9.63. The van der Waals surface area contributed by atoms with Gasteiger partial charge in [-0.05, 0) is 104 Å². The summed E-state index contributed by atoms with van der Waals surface area (Å²) in [6.07, 6.45) is 12.9. The fourth-order valence-corrected chi connectivity index (χ4v) is 7.48. The number of aromatic amines is 2. The Morgan fingerprint density at radius 2 is 1.61 bits per heavy atom. The fraction of sp³-hybridized carbons (Fsp3) is 0.310. The molecule has 0 amide bonds. The Kier molecular flexibility index (Phi) is 11.2. The van der Waals surface area contributed by atoms with Crippen molar-refractivity contribution in [3.63, 3.8) is 0 Å². The van der Waals surface area contributed by atoms with Crippen LogP contribution in [-0.4, -0.2) is 66.0 Å². The van der Waals surface area contributed by atoms with E-state index in [2.05, 4.69) is 23.1 Å². The van der Waals surface area contributed by atoms with Crippen LogP contribution in [0.15, 0.2) is 81.7 Å². The molecule has 12 heteroatoms. The predicted molar refractivity (Wildman–Crippen MR) is 206 cm³/mol. The van der Waals surface area contributed by atoms with E-state index < -0.39 is 29.2 Å². The summed E-state index contributed by atoms with van der Waals surface area (Å²) in [5, 5.41) is 10.9. The van der Waals surface area contributed by atoms with E-state index in [-0.39, 0.29) is 30.8 Å². The first-order valence-corrected chi connectivity index (χ1v) is 17.4. The summed E-state index contributed by atoms with van der Waals surface area (Å²) in [4.78, 5) is 63.0. The SMILES string of the molecule is C=CC1=C(C)C(=C)/C=C2\N=C(C=c3[nH]/c(c(CCC(=O)OC)c3C)=C\c3[nH]c(c(C)c3CCC(=O)O)C=C1N)[C@@]1(C)C2=CC=C(C(=O)OC)C1C(=O)OC. The number of aromatic nitrogens is 2. The van der Waals surface area contributed by atoms with E-state index in [1.807, 2.05) is 45.9 Å². The van der Waals surface area contributed by atoms with Crippen LogP contribution in [0, 0.1) is 25.2 Å². The Labute approximate surface area is 313 Å². The first kappa shape index (κ1) is 39.0. The summed E-state index contributed by atoms with van der Waals surface area (Å²) in [7, 11) is 3.86. The average molecular weight is 735 g/mol. The van der Waals surface area contributed by atoms with Gasteiger partial charge in [-0.2, -0.15) is 0 Å². The van der Waals surface area contributed by atoms with Crippen molar-refractivity contribution >= 4 is 47.8 Å². The van der Waals surface area contributed by atoms with Crippen molar-refractivity contribution in [2.24, 2.45) is 22.1 Å². The minimum atomic E-state index is -1.20. The first-order valence-electron chi connectivity index (χ1n) is 17.4. The lowest BCUT2D eigenvalue weighted by molar-refractivity contribution is -0.149. The molecule has 1 unspecified atom stereocenters. The molecule has 12 nitrogen and oxygen atoms in total. The smallest absolute Gasteiger partial charge is 0.334 e. The number of carbonyl (C=O) groups is 4. The number of H-pyrrole nitrogens is 2. The lowest BCUT2D eigenvalue weighted by Crippen LogP contribution is -2.44. The molecule has 0 fully saturated rings. The standard InChI is InChI=1S/C42H46N4O8/c1-10-25-22(3)21(2)17-35-29-14-11-28(40(50)53-8)39(41(51)54-9)42(29,6)36(46-35)20-32-24(5)27(13-16-38(49)52-7)34(45-32)19-33-26(12-15-37(47)48)23(4)31(44-33)18-30(25)43/h10-11,14,17-20,39,44-45H,1-2,12-13,15-16,43H2,3-9H3,(H,47,48)/b25-22?,30-18?,32-20?,34-19-,35-17-/t39?,42-/m1/s1. The van der Waals surface area contributed by atoms with Crippen LogP contribution in [0.4, 0.5) is 0 Å². The van der Waals surface area contributed by atoms with E-state index >= 15 is 0 Å². The normalized spacial score (nSPS) is 21.0. The van der Waals surface area contributed by atoms with Gasteiger partial charge in [0.1, 0.15) is 5.92 Å². The van der Waals surface area contributed by atoms with E-state index in [0.717, 1.165) is 27.8 Å². The number of esters is 3. The third-order valence-electron chi connectivity index (χ3n) is 10.7. The van der Waals surface area contributed by atoms with Crippen molar-refractivity contribution in [1.29, 1.82) is 0 Å². The first-order chi connectivity index (χ1) is 25.6. The summed E-state index contributed by atoms with van der Waals surface area (Å²) in [5.74, 6) is -3.76. The van der Waals surface area contributed by atoms with Crippen molar-refractivity contribution < 1.29 is 38.5 Å². The summed E-state index contributed by atoms with van der Waals surface area (Å²) in [5.41, 5.74) is 14.2. The molecule has 5 rings (SSSR count). The van der Waals surface area contributed by atoms with Gasteiger partial charge in [-0.25, -0.2) is 4.79 Å². The highest BCUT2D eigenvalue weighted by atomic mass is 16.5. The maximum absolute atomic E-state index is 13.7. The average Bonchev–Trinajstić information content (AvgIpc) is 3.70. The highest BCUT2D eigenvalue weighted by Crippen LogP contribution is 2.52. The third kappa shape index (κ3) is 6.99. The summed E-state index contributed by atoms with van der Waals surface area (Å²) in [6, 6.07) is 0. The molecule has 3 aliphatic rings. The monoisotopic (exact) mass is 734 g/mol. The van der Waals surface area contributed by atoms with E-state index in [1.54, 1.807) is 24.3 Å². The predicted octanol–water partition coefficient (Wildman–Crippen LogP) is 4.24. The third-order valence-corrected chi connectivity index (χ3v) is 10.7. The van der Waals surface area contributed by atoms with Gasteiger partial charge < -0.3 is 35.0 Å². The molecule has 0 radical (unpaired) electrons. The molecular formula is C42H46N4O8. The Balaban J connectivity index is 1.92. The summed E-state index contributed by atoms with van der Waals surface area (Å²) >= 11 is 0. The second-order valence-electron chi connectivity index (χ2n) is 13.6. The Hall–Kier alpha value is -6.17. The van der Waals surface area contributed by atoms with Crippen LogP contribution < -0.4 is 16.4 Å². The number of hydrogen-bond donors (Lipinski definition) is 4. The zero-order valence-corrected chi connectivity index (χ0v) is 31.7. The molecule has 2 atom stereocenters. The number of aliphatic imine (C=N–C) groups is 1. The topological polar surface area (TPSA) is 186 Å². The number of nitrogens with two attached hydrogens (primary N) is 1. The van der Waals surface area contributed by atoms with Crippen LogP contribution in [0.2, 0.25) is 0 Å². The Bertz CT molecular complexity index is 2320. The van der Waals surface area contributed by atoms with E-state index in [0.29, 0.717) is 62.3 Å². The minimum absolute atomic E-state index is 0.0980. The van der Waals surface area contributed by atoms with Crippen molar-refractivity contribution in [3.8, 4) is 0 Å². The van der Waals surface area contributed by atoms with E-state index in [9.17, 15) is 24.3 Å². The molecule has 2 aromatic rings. The quantitative estimate of drug-likeness (QED) is 0.216. The maximum atomic E-state index is 13.7. The molecule has 0 spiro atoms. The number of ether oxygens (including phenoxy) is 3. The molecule has 0 saturated heterocycles. The lowest BCUT2D eigenvalue weighted by Gasteiger charge is -2.37. The van der Waals surface area contributed by atoms with Crippen molar-refractivity contribution in [1.82, 2.24) is 9.97 Å². The molecule has 2 aromatic heterocycles. The number of hydrogen-bond acceptors (Lipinski definition) is 9. The zero-order valence-electron chi connectivity index (χ0n) is 31.7. The van der Waals surface area contributed by atoms with Crippen LogP contribution in [0.25, 0.3) is 18.2 Å². The number of nitrogens with one attached hydrogen (secondary N) is 2. The van der Waals surface area contributed by atoms with Gasteiger partial charge >= 0.3 is 23.9 Å². The second-order valence-corrected chi connectivity index (χ2v) is 13.6. The molecule has 0 saturated carbocycles. The molecule has 2 aliphatic heterocycles. The Morgan fingerprint density at radius 3 is 2.24 bits per heavy atom. The molecule has 0 aromatic carbocycles. The largest absolute Gasteiger partial charge is 0.481 e. The minimum Gasteiger partial charge on any atom is -0.481 e. The van der Waals surface area contributed by atoms with E-state index in [4.69, 9.17) is 24.9 Å². The highest BCUT2D eigenvalue weighted by Gasteiger charge is 2.54. The molecule has 282 valence electrons. The van der Waals surface area contributed by atoms with Gasteiger partial charge in [-0.15, -0.1) is 0 Å². The van der Waals surface area contributed by atoms with Crippen LogP contribution >= 0.6 is 0 Å². The van der Waals surface area contributed by atoms with Crippen LogP contribution in [0.1, 0.15) is 60.3 Å². The number of methoxy groups -OCH3 is 3. The molecular weight excluding hydrogens is 688 g/mol. The number of aliphatic carboxylic acids is 1. The number of allylic oxidation sites excluding steroid dienone is 7. The van der Waals surface area contributed by atoms with Gasteiger partial charge in [0.25, 0.3) is 0 Å². The van der Waals surface area contributed by atoms with Gasteiger partial charge in [0.15, 0.2) is 0 Å². The molecule has 4 heterocycles. The van der Waals surface area contributed by atoms with Crippen LogP contribution in [0.5, 0.6) is 0 Å². The van der Waals surface area contributed by atoms with Gasteiger partial charge in [-0.1, -0.05) is 31.4 Å².